The van der Waals surface area contributed by atoms with Crippen LogP contribution in [0.25, 0.3) is 6.08 Å². The van der Waals surface area contributed by atoms with Gasteiger partial charge in [0, 0.05) is 0 Å². The van der Waals surface area contributed by atoms with Crippen LogP contribution in [-0.4, -0.2) is 31.0 Å². The monoisotopic (exact) mass is 383 g/mol. The Balaban J connectivity index is 2.07. The third kappa shape index (κ3) is 3.37. The number of carbonyl (C=O) groups excluding carboxylic acids is 2. The van der Waals surface area contributed by atoms with E-state index in [0.29, 0.717) is 5.69 Å². The fourth-order valence-electron chi connectivity index (χ4n) is 2.82. The summed E-state index contributed by atoms with van der Waals surface area (Å²) >= 11 is 0. The molecule has 0 radical (unpaired) electrons. The van der Waals surface area contributed by atoms with Gasteiger partial charge in [-0.25, -0.2) is 5.01 Å². The molecule has 0 atom stereocenters. The number of hydrogen-bond acceptors (Lipinski definition) is 6. The Bertz CT molecular complexity index is 1010. The van der Waals surface area contributed by atoms with Crippen molar-refractivity contribution in [1.29, 1.82) is 0 Å². The van der Waals surface area contributed by atoms with Gasteiger partial charge in [-0.15, -0.1) is 0 Å². The molecule has 0 saturated carbocycles. The van der Waals surface area contributed by atoms with Crippen molar-refractivity contribution in [2.75, 3.05) is 19.2 Å². The van der Waals surface area contributed by atoms with Crippen molar-refractivity contribution >= 4 is 29.3 Å². The Kier molecular flexibility index (Phi) is 4.99. The van der Waals surface area contributed by atoms with Gasteiger partial charge in [0.1, 0.15) is 5.57 Å². The molecule has 0 aliphatic carbocycles. The normalized spacial score (nSPS) is 15.0. The van der Waals surface area contributed by atoms with Crippen molar-refractivity contribution in [2.24, 2.45) is 0 Å². The first-order valence-electron chi connectivity index (χ1n) is 8.20. The van der Waals surface area contributed by atoms with Crippen LogP contribution in [0.2, 0.25) is 0 Å². The number of nitro groups is 1. The molecule has 1 heterocycles. The summed E-state index contributed by atoms with van der Waals surface area (Å²) in [5.74, 6) is -0.864. The third-order valence-electron chi connectivity index (χ3n) is 4.18. The number of nitrogens with zero attached hydrogens (tertiary/aromatic N) is 2. The molecule has 1 N–H and O–H groups in total. The molecule has 1 fully saturated rings. The van der Waals surface area contributed by atoms with Crippen molar-refractivity contribution in [1.82, 2.24) is 5.43 Å². The number of anilines is 1. The Morgan fingerprint density at radius 2 is 1.79 bits per heavy atom. The molecule has 1 saturated heterocycles. The standard InChI is InChI=1S/C19H17N3O6/c1-11-5-4-6-13(7-11)21-19(24)14(18(23)20-21)8-12-9-16(27-2)17(28-3)10-15(12)22(25)26/h4-10H,1-3H3,(H,20,23)/b14-8+. The largest absolute Gasteiger partial charge is 0.493 e. The number of hydrazine groups is 1. The molecule has 0 spiro atoms. The van der Waals surface area contributed by atoms with E-state index in [0.717, 1.165) is 10.6 Å². The molecule has 0 bridgehead atoms. The maximum atomic E-state index is 12.7. The predicted octanol–water partition coefficient (Wildman–Crippen LogP) is 2.38. The Hall–Kier alpha value is -3.88. The van der Waals surface area contributed by atoms with Gasteiger partial charge in [0.15, 0.2) is 11.5 Å². The summed E-state index contributed by atoms with van der Waals surface area (Å²) in [7, 11) is 2.74. The number of ether oxygens (including phenoxy) is 2. The summed E-state index contributed by atoms with van der Waals surface area (Å²) in [6.45, 7) is 1.86. The second-order valence-corrected chi connectivity index (χ2v) is 6.00. The fraction of sp³-hybridized carbons (Fsp3) is 0.158. The van der Waals surface area contributed by atoms with Gasteiger partial charge in [0.2, 0.25) is 0 Å². The summed E-state index contributed by atoms with van der Waals surface area (Å²) in [5, 5.41) is 12.5. The highest BCUT2D eigenvalue weighted by molar-refractivity contribution is 6.31. The lowest BCUT2D eigenvalue weighted by molar-refractivity contribution is -0.385. The third-order valence-corrected chi connectivity index (χ3v) is 4.18. The summed E-state index contributed by atoms with van der Waals surface area (Å²) in [6.07, 6.45) is 1.17. The maximum Gasteiger partial charge on any atom is 0.282 e. The lowest BCUT2D eigenvalue weighted by Gasteiger charge is -2.14. The first kappa shape index (κ1) is 18.9. The molecule has 9 heteroatoms. The van der Waals surface area contributed by atoms with Crippen LogP contribution < -0.4 is 19.9 Å². The molecule has 0 unspecified atom stereocenters. The second kappa shape index (κ2) is 7.39. The van der Waals surface area contributed by atoms with Crippen molar-refractivity contribution in [3.8, 4) is 11.5 Å². The Morgan fingerprint density at radius 3 is 2.39 bits per heavy atom. The van der Waals surface area contributed by atoms with Crippen LogP contribution in [0.1, 0.15) is 11.1 Å². The summed E-state index contributed by atoms with van der Waals surface area (Å²) in [5.41, 5.74) is 3.37. The summed E-state index contributed by atoms with van der Waals surface area (Å²) < 4.78 is 10.2. The first-order chi connectivity index (χ1) is 13.3. The zero-order valence-electron chi connectivity index (χ0n) is 15.4. The predicted molar refractivity (Wildman–Crippen MR) is 101 cm³/mol. The van der Waals surface area contributed by atoms with Crippen LogP contribution in [0.15, 0.2) is 42.0 Å². The van der Waals surface area contributed by atoms with Gasteiger partial charge in [-0.1, -0.05) is 12.1 Å². The molecule has 144 valence electrons. The van der Waals surface area contributed by atoms with Crippen LogP contribution in [-0.2, 0) is 9.59 Å². The summed E-state index contributed by atoms with van der Waals surface area (Å²) in [6, 6.07) is 9.55. The number of aryl methyl sites for hydroxylation is 1. The number of benzene rings is 2. The first-order valence-corrected chi connectivity index (χ1v) is 8.20. The van der Waals surface area contributed by atoms with E-state index in [4.69, 9.17) is 9.47 Å². The van der Waals surface area contributed by atoms with E-state index in [1.807, 2.05) is 13.0 Å². The minimum absolute atomic E-state index is 0.0484. The number of methoxy groups -OCH3 is 2. The van der Waals surface area contributed by atoms with Gasteiger partial charge in [0.25, 0.3) is 17.5 Å². The van der Waals surface area contributed by atoms with Gasteiger partial charge in [-0.2, -0.15) is 0 Å². The molecule has 3 rings (SSSR count). The highest BCUT2D eigenvalue weighted by Gasteiger charge is 2.35. The number of amides is 2. The molecule has 9 nitrogen and oxygen atoms in total. The number of hydrogen-bond donors (Lipinski definition) is 1. The average molecular weight is 383 g/mol. The van der Waals surface area contributed by atoms with E-state index < -0.39 is 16.7 Å². The quantitative estimate of drug-likeness (QED) is 0.367. The van der Waals surface area contributed by atoms with Gasteiger partial charge in [0.05, 0.1) is 36.5 Å². The molecule has 1 aliphatic heterocycles. The van der Waals surface area contributed by atoms with Gasteiger partial charge in [-0.05, 0) is 36.8 Å². The van der Waals surface area contributed by atoms with E-state index in [-0.39, 0.29) is 28.3 Å². The Morgan fingerprint density at radius 1 is 1.11 bits per heavy atom. The van der Waals surface area contributed by atoms with E-state index in [2.05, 4.69) is 5.43 Å². The number of nitro benzene ring substituents is 1. The molecular weight excluding hydrogens is 366 g/mol. The van der Waals surface area contributed by atoms with Crippen molar-refractivity contribution < 1.29 is 24.0 Å². The number of rotatable bonds is 5. The zero-order valence-corrected chi connectivity index (χ0v) is 15.4. The van der Waals surface area contributed by atoms with Crippen LogP contribution in [0.5, 0.6) is 11.5 Å². The lowest BCUT2D eigenvalue weighted by atomic mass is 10.1. The Labute approximate surface area is 160 Å². The van der Waals surface area contributed by atoms with E-state index in [1.165, 1.54) is 32.4 Å². The highest BCUT2D eigenvalue weighted by Crippen LogP contribution is 2.36. The SMILES string of the molecule is COc1cc(/C=C2\C(=O)NN(c3cccc(C)c3)C2=O)c([N+](=O)[O-])cc1OC. The fourth-order valence-corrected chi connectivity index (χ4v) is 2.82. The molecule has 2 aromatic rings. The van der Waals surface area contributed by atoms with Crippen LogP contribution >= 0.6 is 0 Å². The molecule has 2 aromatic carbocycles. The van der Waals surface area contributed by atoms with Crippen molar-refractivity contribution in [2.45, 2.75) is 6.92 Å². The highest BCUT2D eigenvalue weighted by atomic mass is 16.6. The van der Waals surface area contributed by atoms with E-state index in [1.54, 1.807) is 18.2 Å². The molecule has 28 heavy (non-hydrogen) atoms. The van der Waals surface area contributed by atoms with Crippen LogP contribution in [0.3, 0.4) is 0 Å². The van der Waals surface area contributed by atoms with E-state index >= 15 is 0 Å². The smallest absolute Gasteiger partial charge is 0.282 e. The molecule has 2 amide bonds. The average Bonchev–Trinajstić information content (AvgIpc) is 2.95. The topological polar surface area (TPSA) is 111 Å². The van der Waals surface area contributed by atoms with Gasteiger partial charge in [-0.3, -0.25) is 25.1 Å². The van der Waals surface area contributed by atoms with E-state index in [9.17, 15) is 19.7 Å². The molecule has 0 aromatic heterocycles. The van der Waals surface area contributed by atoms with Crippen molar-refractivity contribution in [3.05, 3.63) is 63.2 Å². The molecule has 1 aliphatic rings. The van der Waals surface area contributed by atoms with Gasteiger partial charge >= 0.3 is 0 Å². The summed E-state index contributed by atoms with van der Waals surface area (Å²) in [4.78, 5) is 35.9. The zero-order chi connectivity index (χ0) is 20.4. The van der Waals surface area contributed by atoms with Crippen LogP contribution in [0.4, 0.5) is 11.4 Å². The minimum Gasteiger partial charge on any atom is -0.493 e. The minimum atomic E-state index is -0.657. The second-order valence-electron chi connectivity index (χ2n) is 6.00. The number of carbonyl (C=O) groups is 2. The lowest BCUT2D eigenvalue weighted by Crippen LogP contribution is -2.35. The number of nitrogens with one attached hydrogen (secondary N) is 1. The molecular formula is C19H17N3O6. The maximum absolute atomic E-state index is 12.7. The van der Waals surface area contributed by atoms with Crippen LogP contribution in [0, 0.1) is 17.0 Å². The van der Waals surface area contributed by atoms with Gasteiger partial charge < -0.3 is 9.47 Å². The van der Waals surface area contributed by atoms with Crippen molar-refractivity contribution in [3.63, 3.8) is 0 Å².